The Balaban J connectivity index is 1.68. The van der Waals surface area contributed by atoms with Gasteiger partial charge < -0.3 is 9.73 Å². The number of rotatable bonds is 7. The van der Waals surface area contributed by atoms with E-state index in [2.05, 4.69) is 5.32 Å². The minimum Gasteiger partial charge on any atom is -0.467 e. The van der Waals surface area contributed by atoms with Crippen LogP contribution in [0.5, 0.6) is 0 Å². The van der Waals surface area contributed by atoms with Crippen molar-refractivity contribution >= 4 is 23.5 Å². The molecule has 1 heterocycles. The van der Waals surface area contributed by atoms with Gasteiger partial charge >= 0.3 is 0 Å². The molecule has 1 N–H and O–H groups in total. The van der Waals surface area contributed by atoms with E-state index >= 15 is 0 Å². The van der Waals surface area contributed by atoms with Crippen LogP contribution in [-0.2, 0) is 4.79 Å². The summed E-state index contributed by atoms with van der Waals surface area (Å²) in [5.74, 6) is -0.296. The maximum absolute atomic E-state index is 14.1. The highest BCUT2D eigenvalue weighted by Gasteiger charge is 2.19. The number of carbonyl (C=O) groups excluding carboxylic acids is 2. The molecule has 0 radical (unpaired) electrons. The molecule has 0 spiro atoms. The summed E-state index contributed by atoms with van der Waals surface area (Å²) in [5.41, 5.74) is 1.20. The molecule has 0 aliphatic rings. The molecule has 0 saturated carbocycles. The van der Waals surface area contributed by atoms with E-state index in [1.165, 1.54) is 19.1 Å². The summed E-state index contributed by atoms with van der Waals surface area (Å²) in [4.78, 5) is 24.1. The lowest BCUT2D eigenvalue weighted by Crippen LogP contribution is -2.30. The Morgan fingerprint density at radius 3 is 2.52 bits per heavy atom. The zero-order valence-corrected chi connectivity index (χ0v) is 15.5. The average molecular weight is 383 g/mol. The lowest BCUT2D eigenvalue weighted by Gasteiger charge is -2.17. The van der Waals surface area contributed by atoms with Crippen molar-refractivity contribution in [2.45, 2.75) is 17.9 Å². The van der Waals surface area contributed by atoms with Gasteiger partial charge in [-0.05, 0) is 36.8 Å². The van der Waals surface area contributed by atoms with Crippen molar-refractivity contribution < 1.29 is 18.4 Å². The Morgan fingerprint density at radius 1 is 1.11 bits per heavy atom. The number of carbonyl (C=O) groups is 2. The predicted octanol–water partition coefficient (Wildman–Crippen LogP) is 4.62. The number of halogens is 1. The Kier molecular flexibility index (Phi) is 6.08. The van der Waals surface area contributed by atoms with Crippen LogP contribution in [0.15, 0.2) is 76.2 Å². The van der Waals surface area contributed by atoms with Gasteiger partial charge in [0.05, 0.1) is 12.0 Å². The highest BCUT2D eigenvalue weighted by molar-refractivity contribution is 8.00. The van der Waals surface area contributed by atoms with Gasteiger partial charge in [-0.1, -0.05) is 36.4 Å². The van der Waals surface area contributed by atoms with Crippen molar-refractivity contribution in [3.05, 3.63) is 89.6 Å². The first-order chi connectivity index (χ1) is 13.0. The summed E-state index contributed by atoms with van der Waals surface area (Å²) in [6.45, 7) is 1.38. The second-order valence-electron chi connectivity index (χ2n) is 5.92. The molecule has 2 aromatic carbocycles. The third kappa shape index (κ3) is 4.86. The normalized spacial score (nSPS) is 11.8. The molecule has 1 atom stereocenters. The van der Waals surface area contributed by atoms with Gasteiger partial charge in [0.15, 0.2) is 5.78 Å². The lowest BCUT2D eigenvalue weighted by molar-refractivity contribution is -0.119. The molecule has 6 heteroatoms. The van der Waals surface area contributed by atoms with Crippen molar-refractivity contribution in [1.82, 2.24) is 5.32 Å². The molecule has 1 unspecified atom stereocenters. The first kappa shape index (κ1) is 18.9. The Labute approximate surface area is 160 Å². The number of amides is 1. The Morgan fingerprint density at radius 2 is 1.89 bits per heavy atom. The summed E-state index contributed by atoms with van der Waals surface area (Å²) in [5, 5.41) is 2.92. The fourth-order valence-electron chi connectivity index (χ4n) is 2.60. The molecule has 0 saturated heterocycles. The van der Waals surface area contributed by atoms with E-state index in [1.54, 1.807) is 24.5 Å². The van der Waals surface area contributed by atoms with E-state index < -0.39 is 11.9 Å². The van der Waals surface area contributed by atoms with Gasteiger partial charge in [0.1, 0.15) is 17.6 Å². The number of Topliss-reactive ketones (excluding diaryl/α,β-unsaturated/α-hetero) is 1. The molecular weight excluding hydrogens is 365 g/mol. The highest BCUT2D eigenvalue weighted by Crippen LogP contribution is 2.25. The zero-order valence-electron chi connectivity index (χ0n) is 14.6. The monoisotopic (exact) mass is 383 g/mol. The summed E-state index contributed by atoms with van der Waals surface area (Å²) in [6, 6.07) is 16.9. The molecule has 27 heavy (non-hydrogen) atoms. The van der Waals surface area contributed by atoms with E-state index in [-0.39, 0.29) is 17.4 Å². The summed E-state index contributed by atoms with van der Waals surface area (Å²) >= 11 is 1.08. The van der Waals surface area contributed by atoms with Gasteiger partial charge in [-0.3, -0.25) is 9.59 Å². The van der Waals surface area contributed by atoms with Crippen molar-refractivity contribution in [1.29, 1.82) is 0 Å². The molecule has 0 bridgehead atoms. The van der Waals surface area contributed by atoms with Crippen molar-refractivity contribution in [2.24, 2.45) is 0 Å². The van der Waals surface area contributed by atoms with Crippen molar-refractivity contribution in [2.75, 3.05) is 5.75 Å². The molecule has 1 aromatic heterocycles. The molecule has 0 aliphatic heterocycles. The first-order valence-electron chi connectivity index (χ1n) is 8.35. The minimum absolute atomic E-state index is 0.0420. The number of nitrogens with one attached hydrogen (secondary N) is 1. The van der Waals surface area contributed by atoms with Gasteiger partial charge in [-0.15, -0.1) is 11.8 Å². The maximum Gasteiger partial charge on any atom is 0.231 e. The number of hydrogen-bond donors (Lipinski definition) is 1. The van der Waals surface area contributed by atoms with Gasteiger partial charge in [0.2, 0.25) is 5.91 Å². The highest BCUT2D eigenvalue weighted by atomic mass is 32.2. The van der Waals surface area contributed by atoms with Crippen LogP contribution < -0.4 is 5.32 Å². The lowest BCUT2D eigenvalue weighted by atomic mass is 10.0. The van der Waals surface area contributed by atoms with Gasteiger partial charge in [0, 0.05) is 10.5 Å². The quantitative estimate of drug-likeness (QED) is 0.478. The molecule has 3 rings (SSSR count). The van der Waals surface area contributed by atoms with Crippen molar-refractivity contribution in [3.63, 3.8) is 0 Å². The number of ketones is 1. The molecule has 1 amide bonds. The number of thioether (sulfide) groups is 1. The number of hydrogen-bond acceptors (Lipinski definition) is 4. The van der Waals surface area contributed by atoms with Crippen LogP contribution in [0.4, 0.5) is 4.39 Å². The topological polar surface area (TPSA) is 59.3 Å². The van der Waals surface area contributed by atoms with Crippen LogP contribution in [0.2, 0.25) is 0 Å². The van der Waals surface area contributed by atoms with Gasteiger partial charge in [0.25, 0.3) is 0 Å². The number of furan rings is 1. The van der Waals surface area contributed by atoms with Crippen molar-refractivity contribution in [3.8, 4) is 0 Å². The largest absolute Gasteiger partial charge is 0.467 e. The predicted molar refractivity (Wildman–Crippen MR) is 102 cm³/mol. The molecule has 0 fully saturated rings. The van der Waals surface area contributed by atoms with Crippen LogP contribution in [0.25, 0.3) is 0 Å². The van der Waals surface area contributed by atoms with Crippen LogP contribution >= 0.6 is 11.8 Å². The number of benzene rings is 2. The van der Waals surface area contributed by atoms with E-state index in [0.717, 1.165) is 17.3 Å². The zero-order chi connectivity index (χ0) is 19.2. The standard InChI is InChI=1S/C21H18FNO3S/c1-14(24)16-9-10-19(17(22)12-16)27-13-20(25)23-21(18-8-5-11-26-18)15-6-3-2-4-7-15/h2-12,21H,13H2,1H3,(H,23,25). The second-order valence-corrected chi connectivity index (χ2v) is 6.93. The third-order valence-corrected chi connectivity index (χ3v) is 5.01. The first-order valence-corrected chi connectivity index (χ1v) is 9.34. The molecular formula is C21H18FNO3S. The van der Waals surface area contributed by atoms with Crippen LogP contribution in [0.3, 0.4) is 0 Å². The van der Waals surface area contributed by atoms with Gasteiger partial charge in [-0.25, -0.2) is 4.39 Å². The minimum atomic E-state index is -0.508. The van der Waals surface area contributed by atoms with Crippen LogP contribution in [0, 0.1) is 5.82 Å². The average Bonchev–Trinajstić information content (AvgIpc) is 3.20. The second kappa shape index (κ2) is 8.68. The third-order valence-electron chi connectivity index (χ3n) is 3.96. The summed E-state index contributed by atoms with van der Waals surface area (Å²) < 4.78 is 19.5. The summed E-state index contributed by atoms with van der Waals surface area (Å²) in [6.07, 6.45) is 1.55. The van der Waals surface area contributed by atoms with E-state index in [4.69, 9.17) is 4.42 Å². The molecule has 4 nitrogen and oxygen atoms in total. The fourth-order valence-corrected chi connectivity index (χ4v) is 3.33. The molecule has 0 aliphatic carbocycles. The smallest absolute Gasteiger partial charge is 0.231 e. The van der Waals surface area contributed by atoms with Crippen LogP contribution in [-0.4, -0.2) is 17.4 Å². The molecule has 138 valence electrons. The maximum atomic E-state index is 14.1. The summed E-state index contributed by atoms with van der Waals surface area (Å²) in [7, 11) is 0. The van der Waals surface area contributed by atoms with E-state index in [0.29, 0.717) is 16.2 Å². The Hall–Kier alpha value is -2.86. The SMILES string of the molecule is CC(=O)c1ccc(SCC(=O)NC(c2ccccc2)c2ccco2)c(F)c1. The van der Waals surface area contributed by atoms with Crippen LogP contribution in [0.1, 0.15) is 34.6 Å². The van der Waals surface area contributed by atoms with E-state index in [1.807, 2.05) is 30.3 Å². The van der Waals surface area contributed by atoms with Gasteiger partial charge in [-0.2, -0.15) is 0 Å². The molecule has 3 aromatic rings. The Bertz CT molecular complexity index is 926. The fraction of sp³-hybridized carbons (Fsp3) is 0.143. The van der Waals surface area contributed by atoms with E-state index in [9.17, 15) is 14.0 Å².